The Hall–Kier alpha value is -1.24. The quantitative estimate of drug-likeness (QED) is 0.336. The molecule has 0 radical (unpaired) electrons. The Morgan fingerprint density at radius 3 is 2.47 bits per heavy atom. The number of ether oxygens (including phenoxy) is 1. The first-order valence-electron chi connectivity index (χ1n) is 5.08. The molecule has 1 fully saturated rings. The number of nitrogens with zero attached hydrogens (tertiary/aromatic N) is 1. The van der Waals surface area contributed by atoms with Gasteiger partial charge in [0, 0.05) is 6.07 Å². The fourth-order valence-corrected chi connectivity index (χ4v) is 2.57. The first-order valence-corrected chi connectivity index (χ1v) is 6.16. The molecule has 2 heterocycles. The minimum Gasteiger partial charge on any atom is -0.479 e. The van der Waals surface area contributed by atoms with E-state index in [0.717, 1.165) is 10.6 Å². The molecule has 1 saturated heterocycles. The third-order valence-corrected chi connectivity index (χ3v) is 3.50. The van der Waals surface area contributed by atoms with Gasteiger partial charge >= 0.3 is 11.7 Å². The van der Waals surface area contributed by atoms with E-state index in [1.807, 2.05) is 4.98 Å². The van der Waals surface area contributed by atoms with Gasteiger partial charge in [0.05, 0.1) is 3.70 Å². The first-order chi connectivity index (χ1) is 8.82. The lowest BCUT2D eigenvalue weighted by Crippen LogP contribution is -2.39. The normalized spacial score (nSPS) is 30.5. The molecule has 104 valence electrons. The Bertz CT molecular complexity index is 624. The highest BCUT2D eigenvalue weighted by atomic mass is 127. The molecule has 0 aliphatic carbocycles. The van der Waals surface area contributed by atoms with E-state index in [2.05, 4.69) is 0 Å². The summed E-state index contributed by atoms with van der Waals surface area (Å²) in [5.74, 6) is -1.46. The van der Waals surface area contributed by atoms with Gasteiger partial charge in [0.1, 0.15) is 12.2 Å². The molecule has 0 aromatic carbocycles. The number of aromatic nitrogens is 2. The third kappa shape index (κ3) is 2.43. The number of aliphatic hydroxyl groups is 2. The highest BCUT2D eigenvalue weighted by molar-refractivity contribution is 14.1. The number of H-pyrrole nitrogens is 1. The predicted molar refractivity (Wildman–Crippen MR) is 67.6 cm³/mol. The maximum absolute atomic E-state index is 11.7. The van der Waals surface area contributed by atoms with Gasteiger partial charge in [0.2, 0.25) is 0 Å². The van der Waals surface area contributed by atoms with Crippen LogP contribution in [0.4, 0.5) is 0 Å². The molecule has 1 aromatic heterocycles. The van der Waals surface area contributed by atoms with E-state index in [0.29, 0.717) is 0 Å². The molecule has 0 amide bonds. The number of rotatable bonds is 2. The molecule has 0 unspecified atom stereocenters. The molecule has 0 saturated carbocycles. The third-order valence-electron chi connectivity index (χ3n) is 2.67. The van der Waals surface area contributed by atoms with Gasteiger partial charge in [-0.05, 0) is 22.6 Å². The van der Waals surface area contributed by atoms with Crippen LogP contribution in [-0.2, 0) is 9.53 Å². The number of halogens is 1. The maximum atomic E-state index is 11.7. The van der Waals surface area contributed by atoms with Gasteiger partial charge in [0.25, 0.3) is 5.56 Å². The average Bonchev–Trinajstić information content (AvgIpc) is 2.56. The van der Waals surface area contributed by atoms with Crippen molar-refractivity contribution in [3.63, 3.8) is 0 Å². The Labute approximate surface area is 118 Å². The van der Waals surface area contributed by atoms with Gasteiger partial charge in [-0.1, -0.05) is 0 Å². The van der Waals surface area contributed by atoms with Crippen LogP contribution in [0, 0.1) is 3.70 Å². The largest absolute Gasteiger partial charge is 0.479 e. The topological polar surface area (TPSA) is 142 Å². The van der Waals surface area contributed by atoms with Gasteiger partial charge in [-0.2, -0.15) is 0 Å². The second-order valence-corrected chi connectivity index (χ2v) is 5.00. The first kappa shape index (κ1) is 14.2. The zero-order valence-corrected chi connectivity index (χ0v) is 11.3. The molecule has 1 aromatic rings. The molecule has 4 atom stereocenters. The molecule has 0 spiro atoms. The number of aromatic amines is 1. The second kappa shape index (κ2) is 5.03. The van der Waals surface area contributed by atoms with Crippen molar-refractivity contribution in [3.8, 4) is 0 Å². The summed E-state index contributed by atoms with van der Waals surface area (Å²) in [6.45, 7) is 0. The number of aliphatic carboxylic acids is 1. The smallest absolute Gasteiger partial charge is 0.335 e. The van der Waals surface area contributed by atoms with Crippen molar-refractivity contribution < 1.29 is 24.9 Å². The molecule has 9 nitrogen and oxygen atoms in total. The van der Waals surface area contributed by atoms with Gasteiger partial charge in [0.15, 0.2) is 12.3 Å². The lowest BCUT2D eigenvalue weighted by Gasteiger charge is -2.18. The summed E-state index contributed by atoms with van der Waals surface area (Å²) in [7, 11) is 0. The Balaban J connectivity index is 2.47. The summed E-state index contributed by atoms with van der Waals surface area (Å²) in [4.78, 5) is 35.5. The molecule has 19 heavy (non-hydrogen) atoms. The maximum Gasteiger partial charge on any atom is 0.335 e. The number of nitrogens with one attached hydrogen (secondary N) is 1. The minimum atomic E-state index is -1.67. The molecule has 4 N–H and O–H groups in total. The number of carbonyl (C=O) groups is 1. The Morgan fingerprint density at radius 1 is 1.37 bits per heavy atom. The molecule has 2 rings (SSSR count). The minimum absolute atomic E-state index is 0.147. The second-order valence-electron chi connectivity index (χ2n) is 3.90. The number of carboxylic acids is 1. The highest BCUT2D eigenvalue weighted by Gasteiger charge is 2.48. The number of carboxylic acid groups (broad SMARTS) is 1. The number of aliphatic hydroxyl groups excluding tert-OH is 2. The summed E-state index contributed by atoms with van der Waals surface area (Å²) in [5.41, 5.74) is -1.49. The van der Waals surface area contributed by atoms with Crippen LogP contribution in [0.3, 0.4) is 0 Å². The van der Waals surface area contributed by atoms with Crippen molar-refractivity contribution in [3.05, 3.63) is 30.6 Å². The van der Waals surface area contributed by atoms with Gasteiger partial charge < -0.3 is 20.1 Å². The fourth-order valence-electron chi connectivity index (χ4n) is 1.79. The lowest BCUT2D eigenvalue weighted by atomic mass is 10.1. The van der Waals surface area contributed by atoms with Gasteiger partial charge in [-0.15, -0.1) is 0 Å². The van der Waals surface area contributed by atoms with Crippen LogP contribution in [0.2, 0.25) is 0 Å². The molecular weight excluding hydrogens is 375 g/mol. The van der Waals surface area contributed by atoms with E-state index in [4.69, 9.17) is 9.84 Å². The van der Waals surface area contributed by atoms with Crippen molar-refractivity contribution in [2.45, 2.75) is 24.5 Å². The van der Waals surface area contributed by atoms with Gasteiger partial charge in [-0.25, -0.2) is 9.59 Å². The van der Waals surface area contributed by atoms with E-state index in [1.165, 1.54) is 0 Å². The summed E-state index contributed by atoms with van der Waals surface area (Å²) in [6, 6.07) is 1.08. The summed E-state index contributed by atoms with van der Waals surface area (Å²) in [5, 5.41) is 28.1. The van der Waals surface area contributed by atoms with E-state index in [9.17, 15) is 24.6 Å². The monoisotopic (exact) mass is 384 g/mol. The van der Waals surface area contributed by atoms with E-state index in [-0.39, 0.29) is 3.70 Å². The van der Waals surface area contributed by atoms with Crippen LogP contribution in [0.1, 0.15) is 6.23 Å². The van der Waals surface area contributed by atoms with Crippen molar-refractivity contribution in [2.24, 2.45) is 0 Å². The zero-order valence-electron chi connectivity index (χ0n) is 9.19. The van der Waals surface area contributed by atoms with Gasteiger partial charge in [-0.3, -0.25) is 14.3 Å². The average molecular weight is 384 g/mol. The van der Waals surface area contributed by atoms with Crippen LogP contribution in [0.25, 0.3) is 0 Å². The van der Waals surface area contributed by atoms with Crippen LogP contribution < -0.4 is 11.2 Å². The number of hydrogen-bond donors (Lipinski definition) is 4. The Kier molecular flexibility index (Phi) is 3.75. The molecule has 1 aliphatic heterocycles. The summed E-state index contributed by atoms with van der Waals surface area (Å²) in [6.07, 6.45) is -6.29. The van der Waals surface area contributed by atoms with Crippen molar-refractivity contribution in [1.82, 2.24) is 9.55 Å². The number of hydrogen-bond acceptors (Lipinski definition) is 6. The van der Waals surface area contributed by atoms with Crippen LogP contribution >= 0.6 is 22.6 Å². The van der Waals surface area contributed by atoms with E-state index < -0.39 is 41.8 Å². The lowest BCUT2D eigenvalue weighted by molar-refractivity contribution is -0.155. The van der Waals surface area contributed by atoms with Crippen LogP contribution in [-0.4, -0.2) is 49.2 Å². The Morgan fingerprint density at radius 2 is 2.00 bits per heavy atom. The molecule has 1 aliphatic rings. The summed E-state index contributed by atoms with van der Waals surface area (Å²) >= 11 is 1.67. The van der Waals surface area contributed by atoms with Crippen LogP contribution in [0.15, 0.2) is 15.7 Å². The SMILES string of the molecule is O=C(O)[C@H]1O[C@@H](n2c(I)cc(=O)[nH]c2=O)[C@H](O)[C@@H]1O. The molecule has 0 bridgehead atoms. The van der Waals surface area contributed by atoms with Crippen molar-refractivity contribution in [1.29, 1.82) is 0 Å². The summed E-state index contributed by atoms with van der Waals surface area (Å²) < 4.78 is 5.99. The van der Waals surface area contributed by atoms with E-state index in [1.54, 1.807) is 22.6 Å². The molecule has 10 heteroatoms. The zero-order chi connectivity index (χ0) is 14.3. The highest BCUT2D eigenvalue weighted by Crippen LogP contribution is 2.29. The van der Waals surface area contributed by atoms with E-state index >= 15 is 0 Å². The van der Waals surface area contributed by atoms with Crippen LogP contribution in [0.5, 0.6) is 0 Å². The molecular formula is C9H9IN2O7. The van der Waals surface area contributed by atoms with Crippen molar-refractivity contribution in [2.75, 3.05) is 0 Å². The fraction of sp³-hybridized carbons (Fsp3) is 0.444. The van der Waals surface area contributed by atoms with Crippen molar-refractivity contribution >= 4 is 28.6 Å². The predicted octanol–water partition coefficient (Wildman–Crippen LogP) is -2.15. The standard InChI is InChI=1S/C9H9IN2O7/c10-2-1-3(13)11-9(18)12(2)7-5(15)4(14)6(19-7)8(16)17/h1,4-7,14-15H,(H,16,17)(H,11,13,18)/t4-,5+,6-,7+/m0/s1.